The summed E-state index contributed by atoms with van der Waals surface area (Å²) in [6.45, 7) is 11.9. The predicted molar refractivity (Wildman–Crippen MR) is 157 cm³/mol. The number of nitriles is 1. The SMILES string of the molecule is C=CC(=O)N1CC2(C1)CN(c1c(C#N)c(OCC3CCCN3C)nc3c1CCN(c1c(C)ccc4[nH]ncc14)C3)C2. The third-order valence-electron chi connectivity index (χ3n) is 9.51. The molecule has 0 aliphatic carbocycles. The van der Waals surface area contributed by atoms with Crippen molar-refractivity contribution in [2.24, 2.45) is 5.41 Å². The summed E-state index contributed by atoms with van der Waals surface area (Å²) < 4.78 is 6.39. The maximum Gasteiger partial charge on any atom is 0.245 e. The first-order chi connectivity index (χ1) is 19.9. The number of carbonyl (C=O) groups excluding carboxylic acids is 1. The van der Waals surface area contributed by atoms with Gasteiger partial charge in [0.05, 0.1) is 35.3 Å². The molecule has 3 fully saturated rings. The molecule has 3 saturated heterocycles. The van der Waals surface area contributed by atoms with Crippen LogP contribution in [0.2, 0.25) is 0 Å². The zero-order valence-corrected chi connectivity index (χ0v) is 23.8. The number of ether oxygens (including phenoxy) is 1. The molecule has 1 aromatic carbocycles. The lowest BCUT2D eigenvalue weighted by Crippen LogP contribution is -2.73. The van der Waals surface area contributed by atoms with Crippen molar-refractivity contribution in [2.45, 2.75) is 38.8 Å². The van der Waals surface area contributed by atoms with Crippen LogP contribution in [0.4, 0.5) is 11.4 Å². The Labute approximate surface area is 240 Å². The van der Waals surface area contributed by atoms with Gasteiger partial charge >= 0.3 is 0 Å². The van der Waals surface area contributed by atoms with E-state index in [4.69, 9.17) is 9.72 Å². The third-order valence-corrected chi connectivity index (χ3v) is 9.51. The van der Waals surface area contributed by atoms with E-state index in [0.29, 0.717) is 30.6 Å². The predicted octanol–water partition coefficient (Wildman–Crippen LogP) is 3.01. The lowest BCUT2D eigenvalue weighted by atomic mass is 9.72. The van der Waals surface area contributed by atoms with Crippen LogP contribution in [0.1, 0.15) is 35.2 Å². The van der Waals surface area contributed by atoms with E-state index in [2.05, 4.69) is 63.6 Å². The summed E-state index contributed by atoms with van der Waals surface area (Å²) in [5, 5.41) is 18.9. The summed E-state index contributed by atoms with van der Waals surface area (Å²) in [7, 11) is 2.13. The number of likely N-dealkylation sites (N-methyl/N-ethyl adjacent to an activating group) is 1. The average molecular weight is 553 g/mol. The second-order valence-electron chi connectivity index (χ2n) is 12.3. The number of carbonyl (C=O) groups is 1. The maximum atomic E-state index is 12.1. The molecule has 10 heteroatoms. The molecule has 4 aliphatic heterocycles. The second kappa shape index (κ2) is 9.77. The number of anilines is 2. The molecule has 7 rings (SSSR count). The Morgan fingerprint density at radius 3 is 2.80 bits per heavy atom. The Morgan fingerprint density at radius 1 is 1.24 bits per heavy atom. The second-order valence-corrected chi connectivity index (χ2v) is 12.3. The molecule has 4 aliphatic rings. The Hall–Kier alpha value is -4.10. The number of aromatic amines is 1. The molecule has 6 heterocycles. The van der Waals surface area contributed by atoms with Crippen LogP contribution in [-0.4, -0.2) is 89.9 Å². The number of benzene rings is 1. The molecule has 2 aromatic heterocycles. The number of nitrogens with one attached hydrogen (secondary N) is 1. The van der Waals surface area contributed by atoms with Crippen LogP contribution in [0.25, 0.3) is 10.9 Å². The van der Waals surface area contributed by atoms with Crippen molar-refractivity contribution < 1.29 is 9.53 Å². The molecule has 0 radical (unpaired) electrons. The number of hydrogen-bond acceptors (Lipinski definition) is 8. The Morgan fingerprint density at radius 2 is 2.07 bits per heavy atom. The van der Waals surface area contributed by atoms with Crippen molar-refractivity contribution in [2.75, 3.05) is 62.7 Å². The van der Waals surface area contributed by atoms with Gasteiger partial charge < -0.3 is 24.3 Å². The van der Waals surface area contributed by atoms with Crippen molar-refractivity contribution in [1.29, 1.82) is 5.26 Å². The zero-order valence-electron chi connectivity index (χ0n) is 23.8. The summed E-state index contributed by atoms with van der Waals surface area (Å²) >= 11 is 0. The van der Waals surface area contributed by atoms with E-state index in [1.165, 1.54) is 17.3 Å². The molecule has 1 N–H and O–H groups in total. The largest absolute Gasteiger partial charge is 0.475 e. The van der Waals surface area contributed by atoms with Gasteiger partial charge in [-0.1, -0.05) is 12.6 Å². The lowest BCUT2D eigenvalue weighted by molar-refractivity contribution is -0.139. The number of amides is 1. The lowest BCUT2D eigenvalue weighted by Gasteiger charge is -2.61. The van der Waals surface area contributed by atoms with Gasteiger partial charge in [0.2, 0.25) is 11.8 Å². The molecule has 3 aromatic rings. The first-order valence-corrected chi connectivity index (χ1v) is 14.5. The number of H-pyrrole nitrogens is 1. The topological polar surface area (TPSA) is 105 Å². The van der Waals surface area contributed by atoms with Crippen molar-refractivity contribution in [3.05, 3.63) is 53.4 Å². The smallest absolute Gasteiger partial charge is 0.245 e. The van der Waals surface area contributed by atoms with Crippen LogP contribution in [0.15, 0.2) is 31.0 Å². The molecule has 1 atom stereocenters. The van der Waals surface area contributed by atoms with Crippen molar-refractivity contribution >= 4 is 28.2 Å². The van der Waals surface area contributed by atoms with E-state index in [1.54, 1.807) is 0 Å². The fraction of sp³-hybridized carbons (Fsp3) is 0.484. The number of aryl methyl sites for hydroxylation is 1. The highest BCUT2D eigenvalue weighted by molar-refractivity contribution is 5.93. The van der Waals surface area contributed by atoms with Gasteiger partial charge in [-0.25, -0.2) is 4.98 Å². The molecule has 0 bridgehead atoms. The van der Waals surface area contributed by atoms with Crippen LogP contribution < -0.4 is 14.5 Å². The van der Waals surface area contributed by atoms with Gasteiger partial charge in [-0.05, 0) is 57.5 Å². The van der Waals surface area contributed by atoms with Crippen molar-refractivity contribution in [1.82, 2.24) is 25.0 Å². The molecule has 1 unspecified atom stereocenters. The molecular formula is C31H36N8O2. The Bertz CT molecular complexity index is 1570. The van der Waals surface area contributed by atoms with Crippen LogP contribution >= 0.6 is 0 Å². The first kappa shape index (κ1) is 25.8. The van der Waals surface area contributed by atoms with E-state index < -0.39 is 0 Å². The minimum Gasteiger partial charge on any atom is -0.475 e. The highest BCUT2D eigenvalue weighted by Crippen LogP contribution is 2.47. The van der Waals surface area contributed by atoms with Crippen molar-refractivity contribution in [3.63, 3.8) is 0 Å². The normalized spacial score (nSPS) is 21.4. The maximum absolute atomic E-state index is 12.1. The van der Waals surface area contributed by atoms with Gasteiger partial charge in [-0.15, -0.1) is 0 Å². The molecule has 10 nitrogen and oxygen atoms in total. The number of rotatable bonds is 6. The van der Waals surface area contributed by atoms with E-state index >= 15 is 0 Å². The number of pyridine rings is 1. The van der Waals surface area contributed by atoms with E-state index in [0.717, 1.165) is 86.4 Å². The zero-order chi connectivity index (χ0) is 28.3. The van der Waals surface area contributed by atoms with Crippen LogP contribution in [0, 0.1) is 23.7 Å². The Balaban J connectivity index is 1.22. The minimum absolute atomic E-state index is 0.0105. The molecule has 1 amide bonds. The third kappa shape index (κ3) is 4.22. The monoisotopic (exact) mass is 552 g/mol. The highest BCUT2D eigenvalue weighted by Gasteiger charge is 2.54. The minimum atomic E-state index is -0.0105. The first-order valence-electron chi connectivity index (χ1n) is 14.5. The molecule has 1 spiro atoms. The number of likely N-dealkylation sites (tertiary alicyclic amines) is 2. The molecule has 212 valence electrons. The average Bonchev–Trinajstić information content (AvgIpc) is 3.58. The fourth-order valence-corrected chi connectivity index (χ4v) is 7.35. The highest BCUT2D eigenvalue weighted by atomic mass is 16.5. The number of hydrogen-bond donors (Lipinski definition) is 1. The van der Waals surface area contributed by atoms with Crippen molar-refractivity contribution in [3.8, 4) is 11.9 Å². The summed E-state index contributed by atoms with van der Waals surface area (Å²) in [6.07, 6.45) is 6.32. The van der Waals surface area contributed by atoms with Crippen LogP contribution in [-0.2, 0) is 17.8 Å². The summed E-state index contributed by atoms with van der Waals surface area (Å²) in [6, 6.07) is 7.01. The number of nitrogens with zero attached hydrogens (tertiary/aromatic N) is 7. The summed E-state index contributed by atoms with van der Waals surface area (Å²) in [4.78, 5) is 26.0. The van der Waals surface area contributed by atoms with E-state index in [1.807, 2.05) is 11.1 Å². The van der Waals surface area contributed by atoms with Crippen LogP contribution in [0.3, 0.4) is 0 Å². The quantitative estimate of drug-likeness (QED) is 0.466. The summed E-state index contributed by atoms with van der Waals surface area (Å²) in [5.74, 6) is 0.434. The van der Waals surface area contributed by atoms with Gasteiger partial charge in [0.25, 0.3) is 0 Å². The van der Waals surface area contributed by atoms with E-state index in [9.17, 15) is 10.1 Å². The Kier molecular flexibility index (Phi) is 6.16. The van der Waals surface area contributed by atoms with Gasteiger partial charge in [-0.2, -0.15) is 10.4 Å². The van der Waals surface area contributed by atoms with Gasteiger partial charge in [0.15, 0.2) is 0 Å². The van der Waals surface area contributed by atoms with E-state index in [-0.39, 0.29) is 11.3 Å². The fourth-order valence-electron chi connectivity index (χ4n) is 7.35. The van der Waals surface area contributed by atoms with Crippen LogP contribution in [0.5, 0.6) is 5.88 Å². The molecule has 0 saturated carbocycles. The van der Waals surface area contributed by atoms with Gasteiger partial charge in [-0.3, -0.25) is 9.89 Å². The molecular weight excluding hydrogens is 516 g/mol. The standard InChI is InChI=1S/C31H36N8O2/c1-4-27(40)38-16-31(17-38)18-39(19-31)29-22-9-11-37(28-20(2)7-8-25-24(28)13-33-35-25)14-26(22)34-30(23(29)12-32)41-15-21-6-5-10-36(21)3/h4,7-8,13,21H,1,5-6,9-11,14-19H2,2-3H3,(H,33,35). The number of fused-ring (bicyclic) bond motifs is 2. The summed E-state index contributed by atoms with van der Waals surface area (Å²) in [5.41, 5.74) is 7.11. The van der Waals surface area contributed by atoms with Gasteiger partial charge in [0.1, 0.15) is 18.2 Å². The van der Waals surface area contributed by atoms with Gasteiger partial charge in [0, 0.05) is 55.1 Å². The molecule has 41 heavy (non-hydrogen) atoms. The number of aromatic nitrogens is 3.